The minimum absolute atomic E-state index is 0.0578. The first-order valence-electron chi connectivity index (χ1n) is 8.06. The monoisotopic (exact) mass is 318 g/mol. The first-order chi connectivity index (χ1) is 11.1. The lowest BCUT2D eigenvalue weighted by Gasteiger charge is -2.27. The third-order valence-corrected chi connectivity index (χ3v) is 4.43. The van der Waals surface area contributed by atoms with Gasteiger partial charge < -0.3 is 14.7 Å². The van der Waals surface area contributed by atoms with Gasteiger partial charge in [0.1, 0.15) is 6.61 Å². The molecule has 1 amide bonds. The lowest BCUT2D eigenvalue weighted by atomic mass is 10.2. The maximum absolute atomic E-state index is 12.2. The van der Waals surface area contributed by atoms with Crippen molar-refractivity contribution in [3.63, 3.8) is 0 Å². The van der Waals surface area contributed by atoms with E-state index in [1.807, 2.05) is 35.2 Å². The van der Waals surface area contributed by atoms with Gasteiger partial charge in [0.15, 0.2) is 0 Å². The van der Waals surface area contributed by atoms with E-state index in [1.165, 1.54) is 0 Å². The summed E-state index contributed by atoms with van der Waals surface area (Å²) in [5, 5.41) is 9.06. The van der Waals surface area contributed by atoms with Gasteiger partial charge in [-0.3, -0.25) is 9.69 Å². The molecule has 6 nitrogen and oxygen atoms in total. The van der Waals surface area contributed by atoms with Crippen LogP contribution in [0.5, 0.6) is 0 Å². The Kier molecular flexibility index (Phi) is 4.81. The molecule has 0 bridgehead atoms. The fourth-order valence-electron chi connectivity index (χ4n) is 3.11. The molecule has 0 spiro atoms. The summed E-state index contributed by atoms with van der Waals surface area (Å²) in [6.45, 7) is 1.50. The van der Waals surface area contributed by atoms with Gasteiger partial charge in [0.2, 0.25) is 0 Å². The number of ether oxygens (including phenoxy) is 1. The third-order valence-electron chi connectivity index (χ3n) is 4.43. The van der Waals surface area contributed by atoms with Gasteiger partial charge in [-0.1, -0.05) is 30.3 Å². The second-order valence-corrected chi connectivity index (χ2v) is 6.23. The lowest BCUT2D eigenvalue weighted by Crippen LogP contribution is -2.43. The topological polar surface area (TPSA) is 70.1 Å². The first kappa shape index (κ1) is 15.8. The number of carbonyl (C=O) groups excluding carboxylic acids is 1. The highest BCUT2D eigenvalue weighted by Crippen LogP contribution is 2.31. The van der Waals surface area contributed by atoms with Crippen molar-refractivity contribution in [2.24, 2.45) is 0 Å². The molecule has 2 fully saturated rings. The van der Waals surface area contributed by atoms with Crippen molar-refractivity contribution in [1.29, 1.82) is 0 Å². The normalized spacial score (nSPS) is 20.7. The second-order valence-electron chi connectivity index (χ2n) is 6.23. The Bertz CT molecular complexity index is 559. The fraction of sp³-hybridized carbons (Fsp3) is 0.529. The van der Waals surface area contributed by atoms with Crippen molar-refractivity contribution < 1.29 is 19.4 Å². The molecule has 1 atom stereocenters. The van der Waals surface area contributed by atoms with E-state index in [1.54, 1.807) is 4.90 Å². The molecule has 1 saturated carbocycles. The summed E-state index contributed by atoms with van der Waals surface area (Å²) in [7, 11) is 0. The van der Waals surface area contributed by atoms with E-state index in [0.29, 0.717) is 19.1 Å². The van der Waals surface area contributed by atoms with Gasteiger partial charge in [-0.05, 0) is 24.8 Å². The fourth-order valence-corrected chi connectivity index (χ4v) is 3.11. The number of carboxylic acid groups (broad SMARTS) is 1. The number of likely N-dealkylation sites (tertiary alicyclic amines) is 1. The Balaban J connectivity index is 1.50. The summed E-state index contributed by atoms with van der Waals surface area (Å²) in [6.07, 6.45) is 2.61. The highest BCUT2D eigenvalue weighted by atomic mass is 16.6. The third kappa shape index (κ3) is 4.22. The number of aliphatic carboxylic acids is 1. The number of amides is 1. The maximum atomic E-state index is 12.2. The van der Waals surface area contributed by atoms with Gasteiger partial charge in [0.05, 0.1) is 6.54 Å². The SMILES string of the molecule is O=C(O)CN(C1CC1)[C@@H]1CCN(C(=O)OCc2ccccc2)C1. The van der Waals surface area contributed by atoms with Crippen LogP contribution in [0.1, 0.15) is 24.8 Å². The van der Waals surface area contributed by atoms with Crippen LogP contribution >= 0.6 is 0 Å². The number of carboxylic acids is 1. The molecular weight excluding hydrogens is 296 g/mol. The van der Waals surface area contributed by atoms with Crippen LogP contribution in [0.15, 0.2) is 30.3 Å². The average Bonchev–Trinajstić information content (AvgIpc) is 3.27. The van der Waals surface area contributed by atoms with Crippen LogP contribution in [0.2, 0.25) is 0 Å². The summed E-state index contributed by atoms with van der Waals surface area (Å²) in [5.74, 6) is -0.804. The minimum Gasteiger partial charge on any atom is -0.480 e. The molecule has 1 aliphatic heterocycles. The number of nitrogens with zero attached hydrogens (tertiary/aromatic N) is 2. The Morgan fingerprint density at radius 3 is 2.57 bits per heavy atom. The van der Waals surface area contributed by atoms with Crippen LogP contribution < -0.4 is 0 Å². The van der Waals surface area contributed by atoms with Gasteiger partial charge in [-0.15, -0.1) is 0 Å². The van der Waals surface area contributed by atoms with Gasteiger partial charge in [-0.2, -0.15) is 0 Å². The molecule has 0 unspecified atom stereocenters. The summed E-state index contributed by atoms with van der Waals surface area (Å²) >= 11 is 0. The lowest BCUT2D eigenvalue weighted by molar-refractivity contribution is -0.139. The van der Waals surface area contributed by atoms with E-state index >= 15 is 0 Å². The quantitative estimate of drug-likeness (QED) is 0.868. The molecule has 2 aliphatic rings. The molecule has 124 valence electrons. The van der Waals surface area contributed by atoms with Crippen LogP contribution in [0.3, 0.4) is 0 Å². The smallest absolute Gasteiger partial charge is 0.410 e. The molecule has 6 heteroatoms. The summed E-state index contributed by atoms with van der Waals surface area (Å²) in [4.78, 5) is 26.9. The van der Waals surface area contributed by atoms with Crippen molar-refractivity contribution in [3.8, 4) is 0 Å². The Morgan fingerprint density at radius 2 is 1.91 bits per heavy atom. The number of rotatable bonds is 6. The van der Waals surface area contributed by atoms with Gasteiger partial charge in [0.25, 0.3) is 0 Å². The molecule has 0 aromatic heterocycles. The van der Waals surface area contributed by atoms with E-state index in [4.69, 9.17) is 9.84 Å². The highest BCUT2D eigenvalue weighted by Gasteiger charge is 2.39. The van der Waals surface area contributed by atoms with Crippen molar-refractivity contribution >= 4 is 12.1 Å². The van der Waals surface area contributed by atoms with Crippen LogP contribution in [0.25, 0.3) is 0 Å². The number of carbonyl (C=O) groups is 2. The largest absolute Gasteiger partial charge is 0.480 e. The number of benzene rings is 1. The van der Waals surface area contributed by atoms with E-state index < -0.39 is 5.97 Å². The van der Waals surface area contributed by atoms with Crippen molar-refractivity contribution in [1.82, 2.24) is 9.80 Å². The molecule has 3 rings (SSSR count). The number of hydrogen-bond acceptors (Lipinski definition) is 4. The second kappa shape index (κ2) is 7.00. The Morgan fingerprint density at radius 1 is 1.17 bits per heavy atom. The molecule has 1 saturated heterocycles. The minimum atomic E-state index is -0.804. The molecule has 1 aromatic rings. The van der Waals surface area contributed by atoms with Gasteiger partial charge in [-0.25, -0.2) is 4.79 Å². The van der Waals surface area contributed by atoms with Crippen LogP contribution in [0.4, 0.5) is 4.79 Å². The van der Waals surface area contributed by atoms with Crippen molar-refractivity contribution in [2.75, 3.05) is 19.6 Å². The zero-order valence-electron chi connectivity index (χ0n) is 13.1. The molecule has 23 heavy (non-hydrogen) atoms. The molecule has 1 aliphatic carbocycles. The van der Waals surface area contributed by atoms with E-state index in [0.717, 1.165) is 24.8 Å². The maximum Gasteiger partial charge on any atom is 0.410 e. The van der Waals surface area contributed by atoms with Crippen molar-refractivity contribution in [2.45, 2.75) is 38.0 Å². The summed E-state index contributed by atoms with van der Waals surface area (Å²) in [5.41, 5.74) is 0.960. The first-order valence-corrected chi connectivity index (χ1v) is 8.06. The van der Waals surface area contributed by atoms with Crippen LogP contribution in [-0.4, -0.2) is 58.7 Å². The molecule has 0 radical (unpaired) electrons. The predicted octanol–water partition coefficient (Wildman–Crippen LogP) is 1.95. The van der Waals surface area contributed by atoms with Crippen molar-refractivity contribution in [3.05, 3.63) is 35.9 Å². The number of hydrogen-bond donors (Lipinski definition) is 1. The predicted molar refractivity (Wildman–Crippen MR) is 84.0 cm³/mol. The molecular formula is C17H22N2O4. The molecule has 1 aromatic carbocycles. The summed E-state index contributed by atoms with van der Waals surface area (Å²) < 4.78 is 5.35. The van der Waals surface area contributed by atoms with Crippen LogP contribution in [0, 0.1) is 0 Å². The van der Waals surface area contributed by atoms with E-state index in [2.05, 4.69) is 0 Å². The highest BCUT2D eigenvalue weighted by molar-refractivity contribution is 5.69. The molecule has 1 heterocycles. The molecule has 1 N–H and O–H groups in total. The standard InChI is InChI=1S/C17H22N2O4/c20-16(21)11-19(14-6-7-14)15-8-9-18(10-15)17(22)23-12-13-4-2-1-3-5-13/h1-5,14-15H,6-12H2,(H,20,21)/t15-/m1/s1. The Hall–Kier alpha value is -2.08. The van der Waals surface area contributed by atoms with E-state index in [9.17, 15) is 9.59 Å². The van der Waals surface area contributed by atoms with Gasteiger partial charge >= 0.3 is 12.1 Å². The van der Waals surface area contributed by atoms with E-state index in [-0.39, 0.29) is 25.3 Å². The van der Waals surface area contributed by atoms with Gasteiger partial charge in [0, 0.05) is 25.2 Å². The van der Waals surface area contributed by atoms with Crippen LogP contribution in [-0.2, 0) is 16.1 Å². The zero-order valence-corrected chi connectivity index (χ0v) is 13.1. The zero-order chi connectivity index (χ0) is 16.2. The Labute approximate surface area is 135 Å². The average molecular weight is 318 g/mol. The summed E-state index contributed by atoms with van der Waals surface area (Å²) in [6, 6.07) is 10.1.